The number of carbonyl (C=O) groups is 1. The third kappa shape index (κ3) is 4.14. The standard InChI is InChI=1S/C19H28N2O4/c1-20(2)18(22)12-24-11-16-8-9-25-19(16)13-21(14-19)10-15-4-6-17(23-3)7-5-15/h4-7,16H,8-14H2,1-3H3/t16-/m0/s1. The molecule has 2 fully saturated rings. The Bertz CT molecular complexity index is 582. The van der Waals surface area contributed by atoms with E-state index in [0.717, 1.165) is 38.4 Å². The van der Waals surface area contributed by atoms with Gasteiger partial charge in [-0.1, -0.05) is 12.1 Å². The van der Waals surface area contributed by atoms with Crippen LogP contribution in [0.25, 0.3) is 0 Å². The first-order valence-electron chi connectivity index (χ1n) is 8.79. The minimum absolute atomic E-state index is 0.00251. The van der Waals surface area contributed by atoms with Crippen molar-refractivity contribution in [2.75, 3.05) is 54.1 Å². The molecular weight excluding hydrogens is 320 g/mol. The van der Waals surface area contributed by atoms with Gasteiger partial charge in [-0.3, -0.25) is 9.69 Å². The molecular formula is C19H28N2O4. The van der Waals surface area contributed by atoms with E-state index in [1.165, 1.54) is 5.56 Å². The SMILES string of the molecule is COc1ccc(CN2CC3(C2)OCC[C@H]3COCC(=O)N(C)C)cc1. The average Bonchev–Trinajstić information content (AvgIpc) is 2.99. The highest BCUT2D eigenvalue weighted by atomic mass is 16.5. The molecule has 138 valence electrons. The molecule has 1 aromatic carbocycles. The molecule has 0 unspecified atom stereocenters. The van der Waals surface area contributed by atoms with E-state index in [0.29, 0.717) is 12.5 Å². The summed E-state index contributed by atoms with van der Waals surface area (Å²) in [6, 6.07) is 8.20. The molecule has 6 heteroatoms. The Morgan fingerprint density at radius 3 is 2.68 bits per heavy atom. The van der Waals surface area contributed by atoms with Crippen LogP contribution in [-0.2, 0) is 20.8 Å². The first-order valence-corrected chi connectivity index (χ1v) is 8.79. The van der Waals surface area contributed by atoms with E-state index in [9.17, 15) is 4.79 Å². The maximum atomic E-state index is 11.6. The van der Waals surface area contributed by atoms with Crippen molar-refractivity contribution in [1.82, 2.24) is 9.80 Å². The molecule has 2 aliphatic heterocycles. The second-order valence-corrected chi connectivity index (χ2v) is 7.20. The number of benzene rings is 1. The van der Waals surface area contributed by atoms with Gasteiger partial charge in [0.1, 0.15) is 12.4 Å². The Hall–Kier alpha value is -1.63. The lowest BCUT2D eigenvalue weighted by atomic mass is 9.81. The van der Waals surface area contributed by atoms with E-state index < -0.39 is 0 Å². The van der Waals surface area contributed by atoms with Crippen molar-refractivity contribution in [3.8, 4) is 5.75 Å². The largest absolute Gasteiger partial charge is 0.497 e. The number of rotatable bonds is 7. The van der Waals surface area contributed by atoms with Gasteiger partial charge in [0.25, 0.3) is 0 Å². The Balaban J connectivity index is 1.46. The van der Waals surface area contributed by atoms with Crippen molar-refractivity contribution >= 4 is 5.91 Å². The van der Waals surface area contributed by atoms with E-state index in [4.69, 9.17) is 14.2 Å². The highest BCUT2D eigenvalue weighted by Crippen LogP contribution is 2.40. The maximum Gasteiger partial charge on any atom is 0.248 e. The molecule has 1 spiro atoms. The van der Waals surface area contributed by atoms with Gasteiger partial charge in [0.05, 0.1) is 19.3 Å². The zero-order valence-electron chi connectivity index (χ0n) is 15.4. The van der Waals surface area contributed by atoms with Crippen LogP contribution >= 0.6 is 0 Å². The van der Waals surface area contributed by atoms with Crippen LogP contribution in [0.15, 0.2) is 24.3 Å². The fourth-order valence-electron chi connectivity index (χ4n) is 3.60. The van der Waals surface area contributed by atoms with Crippen LogP contribution < -0.4 is 4.74 Å². The van der Waals surface area contributed by atoms with Crippen LogP contribution in [0.4, 0.5) is 0 Å². The van der Waals surface area contributed by atoms with Crippen LogP contribution in [0.3, 0.4) is 0 Å². The lowest BCUT2D eigenvalue weighted by Gasteiger charge is -2.50. The molecule has 25 heavy (non-hydrogen) atoms. The van der Waals surface area contributed by atoms with E-state index in [2.05, 4.69) is 17.0 Å². The van der Waals surface area contributed by atoms with Crippen LogP contribution in [0.1, 0.15) is 12.0 Å². The fraction of sp³-hybridized carbons (Fsp3) is 0.632. The molecule has 2 saturated heterocycles. The molecule has 0 N–H and O–H groups in total. The molecule has 1 amide bonds. The molecule has 6 nitrogen and oxygen atoms in total. The summed E-state index contributed by atoms with van der Waals surface area (Å²) in [6.07, 6.45) is 1.01. The van der Waals surface area contributed by atoms with E-state index in [-0.39, 0.29) is 18.1 Å². The topological polar surface area (TPSA) is 51.2 Å². The summed E-state index contributed by atoms with van der Waals surface area (Å²) in [5, 5.41) is 0. The molecule has 0 bridgehead atoms. The van der Waals surface area contributed by atoms with Crippen molar-refractivity contribution in [2.24, 2.45) is 5.92 Å². The number of ether oxygens (including phenoxy) is 3. The Morgan fingerprint density at radius 1 is 1.32 bits per heavy atom. The lowest BCUT2D eigenvalue weighted by molar-refractivity contribution is -0.150. The first kappa shape index (κ1) is 18.2. The lowest BCUT2D eigenvalue weighted by Crippen LogP contribution is -2.64. The number of carbonyl (C=O) groups excluding carboxylic acids is 1. The smallest absolute Gasteiger partial charge is 0.248 e. The maximum absolute atomic E-state index is 11.6. The van der Waals surface area contributed by atoms with Gasteiger partial charge in [0.2, 0.25) is 5.91 Å². The van der Waals surface area contributed by atoms with Crippen molar-refractivity contribution in [3.05, 3.63) is 29.8 Å². The van der Waals surface area contributed by atoms with E-state index in [1.807, 2.05) is 12.1 Å². The van der Waals surface area contributed by atoms with Gasteiger partial charge in [0.15, 0.2) is 0 Å². The molecule has 2 aliphatic rings. The summed E-state index contributed by atoms with van der Waals surface area (Å²) in [6.45, 7) is 4.29. The van der Waals surface area contributed by atoms with Crippen molar-refractivity contribution in [1.29, 1.82) is 0 Å². The summed E-state index contributed by atoms with van der Waals surface area (Å²) in [7, 11) is 5.17. The number of likely N-dealkylation sites (N-methyl/N-ethyl adjacent to an activating group) is 1. The fourth-order valence-corrected chi connectivity index (χ4v) is 3.60. The molecule has 0 radical (unpaired) electrons. The molecule has 1 aromatic rings. The minimum Gasteiger partial charge on any atom is -0.497 e. The Labute approximate surface area is 149 Å². The summed E-state index contributed by atoms with van der Waals surface area (Å²) in [4.78, 5) is 15.6. The van der Waals surface area contributed by atoms with Crippen LogP contribution in [0.2, 0.25) is 0 Å². The van der Waals surface area contributed by atoms with Gasteiger partial charge >= 0.3 is 0 Å². The number of nitrogens with zero attached hydrogens (tertiary/aromatic N) is 2. The highest BCUT2D eigenvalue weighted by molar-refractivity contribution is 5.76. The monoisotopic (exact) mass is 348 g/mol. The number of likely N-dealkylation sites (tertiary alicyclic amines) is 1. The van der Waals surface area contributed by atoms with Crippen LogP contribution in [0.5, 0.6) is 5.75 Å². The van der Waals surface area contributed by atoms with Gasteiger partial charge in [-0.05, 0) is 24.1 Å². The van der Waals surface area contributed by atoms with Gasteiger partial charge in [0, 0.05) is 46.3 Å². The van der Waals surface area contributed by atoms with Crippen molar-refractivity contribution < 1.29 is 19.0 Å². The molecule has 0 saturated carbocycles. The van der Waals surface area contributed by atoms with Crippen LogP contribution in [0, 0.1) is 5.92 Å². The first-order chi connectivity index (χ1) is 12.0. The van der Waals surface area contributed by atoms with Gasteiger partial charge < -0.3 is 19.1 Å². The zero-order valence-corrected chi connectivity index (χ0v) is 15.4. The molecule has 0 aliphatic carbocycles. The summed E-state index contributed by atoms with van der Waals surface area (Å²) in [5.74, 6) is 1.25. The van der Waals surface area contributed by atoms with E-state index >= 15 is 0 Å². The summed E-state index contributed by atoms with van der Waals surface area (Å²) in [5.41, 5.74) is 1.19. The van der Waals surface area contributed by atoms with Crippen molar-refractivity contribution in [3.63, 3.8) is 0 Å². The molecule has 0 aromatic heterocycles. The number of hydrogen-bond acceptors (Lipinski definition) is 5. The Kier molecular flexibility index (Phi) is 5.61. The predicted octanol–water partition coefficient (Wildman–Crippen LogP) is 1.39. The number of amides is 1. The quantitative estimate of drug-likeness (QED) is 0.745. The Morgan fingerprint density at radius 2 is 2.04 bits per heavy atom. The third-order valence-electron chi connectivity index (χ3n) is 5.19. The van der Waals surface area contributed by atoms with Crippen LogP contribution in [-0.4, -0.2) is 75.4 Å². The van der Waals surface area contributed by atoms with Gasteiger partial charge in [-0.2, -0.15) is 0 Å². The molecule has 1 atom stereocenters. The highest BCUT2D eigenvalue weighted by Gasteiger charge is 2.52. The number of methoxy groups -OCH3 is 1. The van der Waals surface area contributed by atoms with Gasteiger partial charge in [-0.25, -0.2) is 0 Å². The van der Waals surface area contributed by atoms with Crippen molar-refractivity contribution in [2.45, 2.75) is 18.6 Å². The zero-order chi connectivity index (χ0) is 17.9. The second-order valence-electron chi connectivity index (χ2n) is 7.20. The average molecular weight is 348 g/mol. The van der Waals surface area contributed by atoms with Gasteiger partial charge in [-0.15, -0.1) is 0 Å². The predicted molar refractivity (Wildman–Crippen MR) is 94.6 cm³/mol. The van der Waals surface area contributed by atoms with E-state index in [1.54, 1.807) is 26.1 Å². The summed E-state index contributed by atoms with van der Waals surface area (Å²) < 4.78 is 16.9. The molecule has 2 heterocycles. The normalized spacial score (nSPS) is 22.0. The number of hydrogen-bond donors (Lipinski definition) is 0. The third-order valence-corrected chi connectivity index (χ3v) is 5.19. The minimum atomic E-state index is -0.0896. The summed E-state index contributed by atoms with van der Waals surface area (Å²) >= 11 is 0. The second kappa shape index (κ2) is 7.72. The molecule has 3 rings (SSSR count).